The molecule has 2 fully saturated rings. The van der Waals surface area contributed by atoms with Gasteiger partial charge in [0.1, 0.15) is 0 Å². The Hall–Kier alpha value is -2.62. The summed E-state index contributed by atoms with van der Waals surface area (Å²) in [6.07, 6.45) is 12.3. The van der Waals surface area contributed by atoms with E-state index in [2.05, 4.69) is 40.0 Å². The van der Waals surface area contributed by atoms with Crippen LogP contribution in [0.25, 0.3) is 10.9 Å². The molecule has 2 aliphatic rings. The highest BCUT2D eigenvalue weighted by atomic mass is 16.4. The fourth-order valence-corrected chi connectivity index (χ4v) is 4.66. The summed E-state index contributed by atoms with van der Waals surface area (Å²) in [4.78, 5) is 16.3. The molecule has 0 radical (unpaired) electrons. The van der Waals surface area contributed by atoms with Crippen LogP contribution in [0.2, 0.25) is 0 Å². The second-order valence-corrected chi connectivity index (χ2v) is 8.53. The van der Waals surface area contributed by atoms with Crippen molar-refractivity contribution in [1.82, 2.24) is 9.55 Å². The molecule has 0 saturated heterocycles. The summed E-state index contributed by atoms with van der Waals surface area (Å²) in [5.74, 6) is 0.437. The Morgan fingerprint density at radius 2 is 1.93 bits per heavy atom. The van der Waals surface area contributed by atoms with Crippen molar-refractivity contribution < 1.29 is 9.90 Å². The van der Waals surface area contributed by atoms with Crippen LogP contribution in [0.15, 0.2) is 42.7 Å². The Morgan fingerprint density at radius 1 is 1.11 bits per heavy atom. The first-order valence-corrected chi connectivity index (χ1v) is 10.5. The van der Waals surface area contributed by atoms with E-state index in [4.69, 9.17) is 0 Å². The summed E-state index contributed by atoms with van der Waals surface area (Å²) < 4.78 is 2.38. The van der Waals surface area contributed by atoms with Crippen LogP contribution in [-0.4, -0.2) is 20.6 Å². The van der Waals surface area contributed by atoms with Gasteiger partial charge in [-0.1, -0.05) is 18.9 Å². The molecule has 5 rings (SSSR count). The molecule has 0 bridgehead atoms. The Bertz CT molecular complexity index is 1030. The van der Waals surface area contributed by atoms with E-state index < -0.39 is 5.97 Å². The highest BCUT2D eigenvalue weighted by Crippen LogP contribution is 2.40. The molecule has 0 spiro atoms. The van der Waals surface area contributed by atoms with Crippen molar-refractivity contribution in [3.05, 3.63) is 65.1 Å². The predicted molar refractivity (Wildman–Crippen MR) is 110 cm³/mol. The second kappa shape index (κ2) is 7.08. The summed E-state index contributed by atoms with van der Waals surface area (Å²) in [6.45, 7) is 1.11. The predicted octanol–water partition coefficient (Wildman–Crippen LogP) is 5.39. The number of carbonyl (C=O) groups is 1. The van der Waals surface area contributed by atoms with Gasteiger partial charge in [0.05, 0.1) is 11.3 Å². The first kappa shape index (κ1) is 17.5. The van der Waals surface area contributed by atoms with Gasteiger partial charge in [-0.2, -0.15) is 0 Å². The fraction of sp³-hybridized carbons (Fsp3) is 0.417. The van der Waals surface area contributed by atoms with Crippen molar-refractivity contribution in [2.45, 2.75) is 57.4 Å². The number of carboxylic acids is 1. The van der Waals surface area contributed by atoms with Crippen LogP contribution in [0.1, 0.15) is 71.6 Å². The largest absolute Gasteiger partial charge is 0.478 e. The van der Waals surface area contributed by atoms with Crippen LogP contribution in [0.3, 0.4) is 0 Å². The lowest BCUT2D eigenvalue weighted by Gasteiger charge is -2.12. The van der Waals surface area contributed by atoms with Crippen LogP contribution in [0.4, 0.5) is 0 Å². The zero-order valence-electron chi connectivity index (χ0n) is 16.1. The van der Waals surface area contributed by atoms with E-state index in [0.29, 0.717) is 23.6 Å². The number of rotatable bonds is 6. The van der Waals surface area contributed by atoms with Crippen molar-refractivity contribution >= 4 is 16.9 Å². The van der Waals surface area contributed by atoms with E-state index in [0.717, 1.165) is 36.4 Å². The van der Waals surface area contributed by atoms with Crippen molar-refractivity contribution in [3.63, 3.8) is 0 Å². The highest BCUT2D eigenvalue weighted by molar-refractivity contribution is 5.89. The van der Waals surface area contributed by atoms with Crippen molar-refractivity contribution in [3.8, 4) is 0 Å². The first-order valence-electron chi connectivity index (χ1n) is 10.5. The SMILES string of the molecule is O=C(O)c1cc(C2CC2)cnc1Cc1ccc2c(ccn2CC2CCCC2)c1. The zero-order valence-corrected chi connectivity index (χ0v) is 16.1. The molecule has 0 amide bonds. The van der Waals surface area contributed by atoms with Crippen LogP contribution in [-0.2, 0) is 13.0 Å². The van der Waals surface area contributed by atoms with E-state index in [1.54, 1.807) is 0 Å². The molecule has 1 aromatic carbocycles. The van der Waals surface area contributed by atoms with E-state index in [9.17, 15) is 9.90 Å². The molecule has 2 saturated carbocycles. The monoisotopic (exact) mass is 374 g/mol. The Morgan fingerprint density at radius 3 is 2.68 bits per heavy atom. The third kappa shape index (κ3) is 3.44. The Balaban J connectivity index is 1.40. The van der Waals surface area contributed by atoms with Gasteiger partial charge in [0, 0.05) is 30.9 Å². The van der Waals surface area contributed by atoms with Crippen LogP contribution in [0, 0.1) is 5.92 Å². The lowest BCUT2D eigenvalue weighted by molar-refractivity contribution is 0.0695. The number of fused-ring (bicyclic) bond motifs is 1. The second-order valence-electron chi connectivity index (χ2n) is 8.53. The molecule has 3 aromatic rings. The Kier molecular flexibility index (Phi) is 4.42. The smallest absolute Gasteiger partial charge is 0.337 e. The average molecular weight is 374 g/mol. The van der Waals surface area contributed by atoms with Gasteiger partial charge in [-0.15, -0.1) is 0 Å². The lowest BCUT2D eigenvalue weighted by atomic mass is 10.0. The molecule has 144 valence electrons. The number of aromatic carboxylic acids is 1. The number of nitrogens with zero attached hydrogens (tertiary/aromatic N) is 2. The maximum absolute atomic E-state index is 11.7. The third-order valence-corrected chi connectivity index (χ3v) is 6.41. The minimum atomic E-state index is -0.881. The van der Waals surface area contributed by atoms with Gasteiger partial charge in [-0.3, -0.25) is 4.98 Å². The van der Waals surface area contributed by atoms with Crippen molar-refractivity contribution in [2.75, 3.05) is 0 Å². The van der Waals surface area contributed by atoms with Gasteiger partial charge in [0.15, 0.2) is 0 Å². The number of pyridine rings is 1. The quantitative estimate of drug-likeness (QED) is 0.629. The van der Waals surface area contributed by atoms with E-state index in [1.807, 2.05) is 12.3 Å². The molecule has 28 heavy (non-hydrogen) atoms. The molecule has 0 aliphatic heterocycles. The highest BCUT2D eigenvalue weighted by Gasteiger charge is 2.26. The van der Waals surface area contributed by atoms with Gasteiger partial charge in [0.2, 0.25) is 0 Å². The van der Waals surface area contributed by atoms with Crippen molar-refractivity contribution in [2.24, 2.45) is 5.92 Å². The summed E-state index contributed by atoms with van der Waals surface area (Å²) >= 11 is 0. The summed E-state index contributed by atoms with van der Waals surface area (Å²) in [5, 5.41) is 10.9. The molecular weight excluding hydrogens is 348 g/mol. The summed E-state index contributed by atoms with van der Waals surface area (Å²) in [7, 11) is 0. The molecule has 1 N–H and O–H groups in total. The van der Waals surface area contributed by atoms with E-state index >= 15 is 0 Å². The van der Waals surface area contributed by atoms with Gasteiger partial charge < -0.3 is 9.67 Å². The standard InChI is InChI=1S/C24H26N2O2/c27-24(28)21-13-20(18-6-7-18)14-25-22(21)12-17-5-8-23-19(11-17)9-10-26(23)15-16-3-1-2-4-16/h5,8-11,13-14,16,18H,1-4,6-7,12,15H2,(H,27,28). The molecule has 4 nitrogen and oxygen atoms in total. The van der Waals surface area contributed by atoms with Gasteiger partial charge in [-0.05, 0) is 78.3 Å². The number of hydrogen-bond donors (Lipinski definition) is 1. The first-order chi connectivity index (χ1) is 13.7. The lowest BCUT2D eigenvalue weighted by Crippen LogP contribution is -2.07. The van der Waals surface area contributed by atoms with E-state index in [1.165, 1.54) is 36.6 Å². The fourth-order valence-electron chi connectivity index (χ4n) is 4.66. The van der Waals surface area contributed by atoms with Crippen LogP contribution in [0.5, 0.6) is 0 Å². The van der Waals surface area contributed by atoms with Crippen molar-refractivity contribution in [1.29, 1.82) is 0 Å². The minimum absolute atomic E-state index is 0.350. The summed E-state index contributed by atoms with van der Waals surface area (Å²) in [6, 6.07) is 10.5. The number of carboxylic acid groups (broad SMARTS) is 1. The number of benzene rings is 1. The maximum Gasteiger partial charge on any atom is 0.337 e. The van der Waals surface area contributed by atoms with Crippen LogP contribution < -0.4 is 0 Å². The third-order valence-electron chi connectivity index (χ3n) is 6.41. The normalized spacial score (nSPS) is 17.4. The summed E-state index contributed by atoms with van der Waals surface area (Å²) in [5.41, 5.74) is 4.46. The molecule has 0 unspecified atom stereocenters. The molecule has 0 atom stereocenters. The Labute approximate surface area is 165 Å². The molecule has 2 aromatic heterocycles. The zero-order chi connectivity index (χ0) is 19.1. The van der Waals surface area contributed by atoms with Gasteiger partial charge in [0.25, 0.3) is 0 Å². The maximum atomic E-state index is 11.7. The van der Waals surface area contributed by atoms with Crippen LogP contribution >= 0.6 is 0 Å². The molecular formula is C24H26N2O2. The average Bonchev–Trinajstić information content (AvgIpc) is 3.28. The van der Waals surface area contributed by atoms with Gasteiger partial charge >= 0.3 is 5.97 Å². The molecule has 4 heteroatoms. The molecule has 2 aliphatic carbocycles. The minimum Gasteiger partial charge on any atom is -0.478 e. The number of hydrogen-bond acceptors (Lipinski definition) is 2. The van der Waals surface area contributed by atoms with Gasteiger partial charge in [-0.25, -0.2) is 4.79 Å². The van der Waals surface area contributed by atoms with E-state index in [-0.39, 0.29) is 0 Å². The topological polar surface area (TPSA) is 55.1 Å². The molecule has 2 heterocycles. The number of aromatic nitrogens is 2.